The zero-order chi connectivity index (χ0) is 42.9. The molecule has 0 saturated carbocycles. The van der Waals surface area contributed by atoms with Crippen molar-refractivity contribution in [1.29, 1.82) is 0 Å². The van der Waals surface area contributed by atoms with Crippen molar-refractivity contribution in [3.05, 3.63) is 35.4 Å². The number of aryl methyl sites for hydroxylation is 1. The summed E-state index contributed by atoms with van der Waals surface area (Å²) in [4.78, 5) is 15.3. The lowest BCUT2D eigenvalue weighted by Gasteiger charge is -2.29. The van der Waals surface area contributed by atoms with Crippen LogP contribution in [0.1, 0.15) is 221 Å². The average Bonchev–Trinajstić information content (AvgIpc) is 3.23. The summed E-state index contributed by atoms with van der Waals surface area (Å²) in [7, 11) is 0. The summed E-state index contributed by atoms with van der Waals surface area (Å²) in [5.41, 5.74) is 1.41. The molecule has 0 fully saturated rings. The van der Waals surface area contributed by atoms with Gasteiger partial charge in [0.2, 0.25) is 0 Å². The maximum Gasteiger partial charge on any atom is 0.176 e. The third-order valence-corrected chi connectivity index (χ3v) is 11.2. The number of ketones is 1. The number of benzene rings is 2. The zero-order valence-corrected chi connectivity index (χ0v) is 39.3. The van der Waals surface area contributed by atoms with Gasteiger partial charge in [-0.3, -0.25) is 4.79 Å². The summed E-state index contributed by atoms with van der Waals surface area (Å²) in [6.45, 7) is 26.1. The van der Waals surface area contributed by atoms with E-state index < -0.39 is 0 Å². The molecule has 0 aliphatic rings. The first kappa shape index (κ1) is 51.1. The van der Waals surface area contributed by atoms with Crippen LogP contribution < -0.4 is 28.4 Å². The normalized spacial score (nSPS) is 14.6. The van der Waals surface area contributed by atoms with Gasteiger partial charge in [-0.1, -0.05) is 122 Å². The van der Waals surface area contributed by atoms with Gasteiger partial charge in [0.25, 0.3) is 0 Å². The Morgan fingerprint density at radius 3 is 1.14 bits per heavy atom. The van der Waals surface area contributed by atoms with Crippen LogP contribution in [0.4, 0.5) is 0 Å². The minimum absolute atomic E-state index is 0.0287. The minimum atomic E-state index is -0.0844. The monoisotopic (exact) mass is 811 g/mol. The van der Waals surface area contributed by atoms with Gasteiger partial charge in [-0.2, -0.15) is 0 Å². The standard InChI is InChI=1S/C51H86O7/c1-13-25-38(19-7)53-44-32-34-46(54-39(20-8)26-14-2)37(35-44)31-33-45(52)49-50(57-42(23-11)29-17-5)47(55-40(21-9)27-15-3)36-48(56-41(22-10)28-16-4)51(49)58-43(24-12)30-18-6/h32,34-36,38-43H,13-31,33H2,1-12H3. The quantitative estimate of drug-likeness (QED) is 0.0652. The Labute approximate surface area is 356 Å². The molecule has 0 saturated heterocycles. The van der Waals surface area contributed by atoms with Crippen LogP contribution >= 0.6 is 0 Å². The molecule has 332 valence electrons. The average molecular weight is 811 g/mol. The summed E-state index contributed by atoms with van der Waals surface area (Å²) in [6.07, 6.45) is 17.4. The summed E-state index contributed by atoms with van der Waals surface area (Å²) in [5, 5.41) is 0. The fourth-order valence-electron chi connectivity index (χ4n) is 7.65. The lowest BCUT2D eigenvalue weighted by atomic mass is 9.98. The molecule has 7 heteroatoms. The van der Waals surface area contributed by atoms with Crippen molar-refractivity contribution >= 4 is 5.78 Å². The molecule has 58 heavy (non-hydrogen) atoms. The van der Waals surface area contributed by atoms with E-state index in [4.69, 9.17) is 28.4 Å². The van der Waals surface area contributed by atoms with E-state index in [0.29, 0.717) is 35.0 Å². The Kier molecular flexibility index (Phi) is 25.7. The zero-order valence-electron chi connectivity index (χ0n) is 39.3. The van der Waals surface area contributed by atoms with Crippen molar-refractivity contribution in [2.75, 3.05) is 0 Å². The number of carbonyl (C=O) groups is 1. The fraction of sp³-hybridized carbons (Fsp3) is 0.745. The predicted octanol–water partition coefficient (Wildman–Crippen LogP) is 15.2. The van der Waals surface area contributed by atoms with Gasteiger partial charge in [0.05, 0.1) is 36.6 Å². The van der Waals surface area contributed by atoms with Crippen LogP contribution in [0.5, 0.6) is 34.5 Å². The van der Waals surface area contributed by atoms with Crippen LogP contribution in [0.2, 0.25) is 0 Å². The topological polar surface area (TPSA) is 72.5 Å². The molecule has 7 nitrogen and oxygen atoms in total. The Balaban J connectivity index is 2.95. The highest BCUT2D eigenvalue weighted by Gasteiger charge is 2.32. The molecule has 0 aliphatic heterocycles. The Morgan fingerprint density at radius 2 is 0.776 bits per heavy atom. The van der Waals surface area contributed by atoms with Gasteiger partial charge in [-0.05, 0) is 107 Å². The molecule has 0 aliphatic carbocycles. The molecule has 0 bridgehead atoms. The van der Waals surface area contributed by atoms with Crippen LogP contribution in [-0.4, -0.2) is 42.4 Å². The SMILES string of the molecule is CCCC(CC)Oc1ccc(OC(CC)CCC)c(CCC(=O)c2c(OC(CC)CCC)c(OC(CC)CCC)cc(OC(CC)CCC)c2OC(CC)CCC)c1. The van der Waals surface area contributed by atoms with Crippen LogP contribution in [0, 0.1) is 0 Å². The van der Waals surface area contributed by atoms with Crippen molar-refractivity contribution in [2.45, 2.75) is 248 Å². The number of Topliss-reactive ketones (excluding diaryl/α,β-unsaturated/α-hetero) is 1. The lowest BCUT2D eigenvalue weighted by molar-refractivity contribution is 0.0946. The van der Waals surface area contributed by atoms with E-state index in [1.54, 1.807) is 0 Å². The molecular formula is C51H86O7. The van der Waals surface area contributed by atoms with E-state index in [0.717, 1.165) is 133 Å². The summed E-state index contributed by atoms with van der Waals surface area (Å²) in [5.74, 6) is 3.70. The van der Waals surface area contributed by atoms with Crippen molar-refractivity contribution in [3.8, 4) is 34.5 Å². The molecule has 0 heterocycles. The van der Waals surface area contributed by atoms with E-state index in [1.807, 2.05) is 18.2 Å². The number of hydrogen-bond donors (Lipinski definition) is 0. The van der Waals surface area contributed by atoms with Gasteiger partial charge in [0.15, 0.2) is 28.8 Å². The van der Waals surface area contributed by atoms with Crippen molar-refractivity contribution in [1.82, 2.24) is 0 Å². The highest BCUT2D eigenvalue weighted by atomic mass is 16.5. The molecular weight excluding hydrogens is 725 g/mol. The number of rotatable bonds is 34. The summed E-state index contributed by atoms with van der Waals surface area (Å²) >= 11 is 0. The first-order chi connectivity index (χ1) is 28.1. The van der Waals surface area contributed by atoms with E-state index in [9.17, 15) is 0 Å². The Bertz CT molecular complexity index is 1350. The lowest BCUT2D eigenvalue weighted by Crippen LogP contribution is -2.24. The molecule has 6 unspecified atom stereocenters. The second kappa shape index (κ2) is 29.2. The van der Waals surface area contributed by atoms with Gasteiger partial charge in [0, 0.05) is 12.5 Å². The van der Waals surface area contributed by atoms with Gasteiger partial charge >= 0.3 is 0 Å². The third-order valence-electron chi connectivity index (χ3n) is 11.2. The molecule has 2 rings (SSSR count). The number of carbonyl (C=O) groups excluding carboxylic acids is 1. The van der Waals surface area contributed by atoms with E-state index in [2.05, 4.69) is 89.2 Å². The summed E-state index contributed by atoms with van der Waals surface area (Å²) in [6, 6.07) is 8.14. The molecule has 0 spiro atoms. The first-order valence-electron chi connectivity index (χ1n) is 24.0. The van der Waals surface area contributed by atoms with Crippen LogP contribution in [0.15, 0.2) is 24.3 Å². The van der Waals surface area contributed by atoms with Crippen molar-refractivity contribution in [3.63, 3.8) is 0 Å². The minimum Gasteiger partial charge on any atom is -0.490 e. The van der Waals surface area contributed by atoms with Gasteiger partial charge in [-0.15, -0.1) is 0 Å². The molecule has 2 aromatic rings. The van der Waals surface area contributed by atoms with Crippen molar-refractivity contribution in [2.24, 2.45) is 0 Å². The number of hydrogen-bond acceptors (Lipinski definition) is 7. The van der Waals surface area contributed by atoms with Crippen LogP contribution in [0.3, 0.4) is 0 Å². The molecule has 0 aromatic heterocycles. The highest BCUT2D eigenvalue weighted by Crippen LogP contribution is 2.48. The van der Waals surface area contributed by atoms with Gasteiger partial charge in [-0.25, -0.2) is 0 Å². The van der Waals surface area contributed by atoms with Crippen molar-refractivity contribution < 1.29 is 33.2 Å². The Hall–Kier alpha value is -3.09. The smallest absolute Gasteiger partial charge is 0.176 e. The van der Waals surface area contributed by atoms with Gasteiger partial charge < -0.3 is 28.4 Å². The van der Waals surface area contributed by atoms with E-state index in [1.165, 1.54) is 0 Å². The number of ether oxygens (including phenoxy) is 6. The first-order valence-corrected chi connectivity index (χ1v) is 24.0. The van der Waals surface area contributed by atoms with Crippen LogP contribution in [0.25, 0.3) is 0 Å². The molecule has 0 radical (unpaired) electrons. The molecule has 0 N–H and O–H groups in total. The maximum absolute atomic E-state index is 15.3. The van der Waals surface area contributed by atoms with Crippen LogP contribution in [-0.2, 0) is 6.42 Å². The van der Waals surface area contributed by atoms with Gasteiger partial charge in [0.1, 0.15) is 17.1 Å². The molecule has 0 amide bonds. The summed E-state index contributed by atoms with van der Waals surface area (Å²) < 4.78 is 41.0. The maximum atomic E-state index is 15.3. The van der Waals surface area contributed by atoms with E-state index >= 15 is 4.79 Å². The fourth-order valence-corrected chi connectivity index (χ4v) is 7.65. The highest BCUT2D eigenvalue weighted by molar-refractivity contribution is 6.03. The second-order valence-electron chi connectivity index (χ2n) is 16.2. The Morgan fingerprint density at radius 1 is 0.431 bits per heavy atom. The molecule has 6 atom stereocenters. The largest absolute Gasteiger partial charge is 0.490 e. The van der Waals surface area contributed by atoms with E-state index in [-0.39, 0.29) is 48.8 Å². The second-order valence-corrected chi connectivity index (χ2v) is 16.2. The third kappa shape index (κ3) is 16.5. The molecule has 2 aromatic carbocycles. The predicted molar refractivity (Wildman–Crippen MR) is 243 cm³/mol.